The number of halogens is 3. The predicted octanol–water partition coefficient (Wildman–Crippen LogP) is 2.77. The van der Waals surface area contributed by atoms with Crippen LogP contribution in [-0.4, -0.2) is 10.5 Å². The van der Waals surface area contributed by atoms with Gasteiger partial charge in [-0.1, -0.05) is 13.0 Å². The summed E-state index contributed by atoms with van der Waals surface area (Å²) in [6.07, 6.45) is 0.598. The number of allylic oxidation sites excluding steroid dienone is 2. The standard InChI is InChI=1S/C13H13F3N2O2/c1-2-9-8(12(17)19)7-10(13(14,15)16)18(9)11-5-3-4-6-20-11/h3-7,11H,2H2,1H3,(H2,17,19). The molecule has 20 heavy (non-hydrogen) atoms. The molecule has 1 aliphatic rings. The highest BCUT2D eigenvalue weighted by Gasteiger charge is 2.39. The van der Waals surface area contributed by atoms with Gasteiger partial charge in [0, 0.05) is 5.69 Å². The minimum absolute atomic E-state index is 0.133. The second-order valence-corrected chi connectivity index (χ2v) is 4.22. The van der Waals surface area contributed by atoms with Gasteiger partial charge < -0.3 is 15.0 Å². The summed E-state index contributed by atoms with van der Waals surface area (Å²) in [4.78, 5) is 11.3. The minimum Gasteiger partial charge on any atom is -0.474 e. The van der Waals surface area contributed by atoms with Crippen LogP contribution in [0.1, 0.15) is 34.9 Å². The quantitative estimate of drug-likeness (QED) is 0.928. The molecule has 0 spiro atoms. The lowest BCUT2D eigenvalue weighted by Crippen LogP contribution is -2.21. The first-order valence-corrected chi connectivity index (χ1v) is 5.96. The number of nitrogens with two attached hydrogens (primary N) is 1. The zero-order valence-electron chi connectivity index (χ0n) is 10.6. The molecule has 4 nitrogen and oxygen atoms in total. The molecule has 1 aromatic heterocycles. The van der Waals surface area contributed by atoms with Crippen LogP contribution in [0.3, 0.4) is 0 Å². The molecular formula is C13H13F3N2O2. The Kier molecular flexibility index (Phi) is 3.61. The van der Waals surface area contributed by atoms with E-state index in [0.717, 1.165) is 10.6 Å². The van der Waals surface area contributed by atoms with Gasteiger partial charge in [-0.05, 0) is 24.6 Å². The lowest BCUT2D eigenvalue weighted by atomic mass is 10.2. The highest BCUT2D eigenvalue weighted by molar-refractivity contribution is 5.94. The highest BCUT2D eigenvalue weighted by atomic mass is 19.4. The summed E-state index contributed by atoms with van der Waals surface area (Å²) in [5.74, 6) is -0.888. The van der Waals surface area contributed by atoms with Crippen molar-refractivity contribution in [1.29, 1.82) is 0 Å². The Labute approximate surface area is 113 Å². The van der Waals surface area contributed by atoms with Crippen LogP contribution < -0.4 is 5.73 Å². The van der Waals surface area contributed by atoms with Crippen LogP contribution in [0.4, 0.5) is 13.2 Å². The fraction of sp³-hybridized carbons (Fsp3) is 0.308. The molecule has 0 aromatic carbocycles. The fourth-order valence-corrected chi connectivity index (χ4v) is 2.17. The Balaban J connectivity index is 2.64. The SMILES string of the molecule is CCc1c(C(N)=O)cc(C(F)(F)F)n1C1C=CC=CO1. The molecule has 0 bridgehead atoms. The molecule has 0 fully saturated rings. The number of hydrogen-bond donors (Lipinski definition) is 1. The van der Waals surface area contributed by atoms with Crippen LogP contribution in [0, 0.1) is 0 Å². The van der Waals surface area contributed by atoms with Gasteiger partial charge in [-0.25, -0.2) is 0 Å². The van der Waals surface area contributed by atoms with Crippen molar-refractivity contribution in [2.24, 2.45) is 5.73 Å². The van der Waals surface area contributed by atoms with E-state index in [1.807, 2.05) is 0 Å². The van der Waals surface area contributed by atoms with Crippen LogP contribution >= 0.6 is 0 Å². The number of ether oxygens (including phenoxy) is 1. The molecule has 7 heteroatoms. The molecule has 2 N–H and O–H groups in total. The summed E-state index contributed by atoms with van der Waals surface area (Å²) in [5.41, 5.74) is 4.27. The van der Waals surface area contributed by atoms with E-state index in [1.54, 1.807) is 19.1 Å². The average molecular weight is 286 g/mol. The molecule has 0 saturated heterocycles. The van der Waals surface area contributed by atoms with Gasteiger partial charge in [0.15, 0.2) is 6.23 Å². The second-order valence-electron chi connectivity index (χ2n) is 4.22. The van der Waals surface area contributed by atoms with E-state index in [4.69, 9.17) is 10.5 Å². The maximum Gasteiger partial charge on any atom is 0.431 e. The Bertz CT molecular complexity index is 585. The zero-order chi connectivity index (χ0) is 14.9. The first-order valence-electron chi connectivity index (χ1n) is 5.96. The van der Waals surface area contributed by atoms with Gasteiger partial charge in [0.2, 0.25) is 0 Å². The summed E-state index contributed by atoms with van der Waals surface area (Å²) in [6.45, 7) is 1.65. The van der Waals surface area contributed by atoms with Crippen LogP contribution in [0.25, 0.3) is 0 Å². The lowest BCUT2D eigenvalue weighted by Gasteiger charge is -2.23. The van der Waals surface area contributed by atoms with Crippen molar-refractivity contribution >= 4 is 5.91 Å². The molecule has 0 saturated carbocycles. The van der Waals surface area contributed by atoms with Crippen LogP contribution in [-0.2, 0) is 17.3 Å². The number of alkyl halides is 3. The third-order valence-electron chi connectivity index (χ3n) is 2.97. The predicted molar refractivity (Wildman–Crippen MR) is 65.7 cm³/mol. The third-order valence-corrected chi connectivity index (χ3v) is 2.97. The molecule has 0 aliphatic carbocycles. The van der Waals surface area contributed by atoms with E-state index < -0.39 is 24.0 Å². The topological polar surface area (TPSA) is 57.2 Å². The second kappa shape index (κ2) is 5.07. The van der Waals surface area contributed by atoms with Crippen molar-refractivity contribution in [3.63, 3.8) is 0 Å². The van der Waals surface area contributed by atoms with Gasteiger partial charge >= 0.3 is 6.18 Å². The first kappa shape index (κ1) is 14.2. The van der Waals surface area contributed by atoms with Gasteiger partial charge in [-0.15, -0.1) is 0 Å². The van der Waals surface area contributed by atoms with Crippen LogP contribution in [0.15, 0.2) is 30.6 Å². The molecule has 1 atom stereocenters. The van der Waals surface area contributed by atoms with E-state index in [1.165, 1.54) is 12.3 Å². The number of nitrogens with zero attached hydrogens (tertiary/aromatic N) is 1. The molecule has 1 aliphatic heterocycles. The Morgan fingerprint density at radius 1 is 1.45 bits per heavy atom. The zero-order valence-corrected chi connectivity index (χ0v) is 10.6. The maximum absolute atomic E-state index is 13.1. The van der Waals surface area contributed by atoms with E-state index >= 15 is 0 Å². The fourth-order valence-electron chi connectivity index (χ4n) is 2.17. The highest BCUT2D eigenvalue weighted by Crippen LogP contribution is 2.36. The van der Waals surface area contributed by atoms with E-state index in [2.05, 4.69) is 0 Å². The van der Waals surface area contributed by atoms with Crippen molar-refractivity contribution in [2.75, 3.05) is 0 Å². The van der Waals surface area contributed by atoms with Crippen molar-refractivity contribution in [2.45, 2.75) is 25.7 Å². The molecule has 1 amide bonds. The third kappa shape index (κ3) is 2.43. The summed E-state index contributed by atoms with van der Waals surface area (Å²) < 4.78 is 45.5. The Morgan fingerprint density at radius 2 is 2.15 bits per heavy atom. The summed E-state index contributed by atoms with van der Waals surface area (Å²) in [5, 5.41) is 0. The van der Waals surface area contributed by atoms with E-state index in [0.29, 0.717) is 0 Å². The van der Waals surface area contributed by atoms with Crippen LogP contribution in [0.5, 0.6) is 0 Å². The Hall–Kier alpha value is -2.18. The average Bonchev–Trinajstić information content (AvgIpc) is 2.79. The smallest absolute Gasteiger partial charge is 0.431 e. The van der Waals surface area contributed by atoms with Crippen molar-refractivity contribution in [3.8, 4) is 0 Å². The largest absolute Gasteiger partial charge is 0.474 e. The monoisotopic (exact) mass is 286 g/mol. The van der Waals surface area contributed by atoms with Crippen molar-refractivity contribution < 1.29 is 22.7 Å². The molecule has 1 aromatic rings. The van der Waals surface area contributed by atoms with E-state index in [-0.39, 0.29) is 17.7 Å². The molecule has 2 heterocycles. The number of carbonyl (C=O) groups excluding carboxylic acids is 1. The molecular weight excluding hydrogens is 273 g/mol. The summed E-state index contributed by atoms with van der Waals surface area (Å²) in [7, 11) is 0. The van der Waals surface area contributed by atoms with E-state index in [9.17, 15) is 18.0 Å². The molecule has 1 unspecified atom stereocenters. The van der Waals surface area contributed by atoms with Gasteiger partial charge in [0.25, 0.3) is 5.91 Å². The van der Waals surface area contributed by atoms with Gasteiger partial charge in [-0.2, -0.15) is 13.2 Å². The number of rotatable bonds is 3. The molecule has 2 rings (SSSR count). The van der Waals surface area contributed by atoms with Gasteiger partial charge in [0.1, 0.15) is 5.69 Å². The van der Waals surface area contributed by atoms with Crippen molar-refractivity contribution in [1.82, 2.24) is 4.57 Å². The lowest BCUT2D eigenvalue weighted by molar-refractivity contribution is -0.146. The number of hydrogen-bond acceptors (Lipinski definition) is 2. The van der Waals surface area contributed by atoms with Crippen molar-refractivity contribution in [3.05, 3.63) is 47.5 Å². The minimum atomic E-state index is -4.60. The van der Waals surface area contributed by atoms with Gasteiger partial charge in [0.05, 0.1) is 11.8 Å². The summed E-state index contributed by atoms with van der Waals surface area (Å²) >= 11 is 0. The summed E-state index contributed by atoms with van der Waals surface area (Å²) in [6, 6.07) is 0.774. The van der Waals surface area contributed by atoms with Gasteiger partial charge in [-0.3, -0.25) is 4.79 Å². The Morgan fingerprint density at radius 3 is 2.60 bits per heavy atom. The number of aromatic nitrogens is 1. The molecule has 0 radical (unpaired) electrons. The first-order chi connectivity index (χ1) is 9.36. The van der Waals surface area contributed by atoms with Crippen LogP contribution in [0.2, 0.25) is 0 Å². The number of amides is 1. The number of carbonyl (C=O) groups is 1. The number of primary amides is 1. The molecule has 108 valence electrons. The maximum atomic E-state index is 13.1. The normalized spacial score (nSPS) is 18.1.